The number of carbonyl (C=O) groups excluding carboxylic acids is 2. The maximum Gasteiger partial charge on any atom is 0.342 e. The zero-order valence-corrected chi connectivity index (χ0v) is 19.7. The molecule has 1 atom stereocenters. The summed E-state index contributed by atoms with van der Waals surface area (Å²) in [5.74, 6) is -1.20. The Morgan fingerprint density at radius 3 is 1.91 bits per heavy atom. The Bertz CT molecular complexity index is 1210. The highest BCUT2D eigenvalue weighted by Gasteiger charge is 2.27. The zero-order valence-electron chi connectivity index (χ0n) is 18.9. The molecule has 0 aliphatic rings. The van der Waals surface area contributed by atoms with Crippen LogP contribution in [0.1, 0.15) is 28.4 Å². The molecule has 0 radical (unpaired) electrons. The van der Waals surface area contributed by atoms with Crippen LogP contribution in [-0.4, -0.2) is 38.4 Å². The van der Waals surface area contributed by atoms with Crippen LogP contribution in [0.3, 0.4) is 0 Å². The first kappa shape index (κ1) is 24.9. The number of carbonyl (C=O) groups is 2. The van der Waals surface area contributed by atoms with Crippen LogP contribution in [0.4, 0.5) is 0 Å². The summed E-state index contributed by atoms with van der Waals surface area (Å²) in [7, 11) is -2.72. The minimum absolute atomic E-state index is 0.0995. The molecule has 0 aromatic heterocycles. The maximum atomic E-state index is 13.3. The lowest BCUT2D eigenvalue weighted by Crippen LogP contribution is -2.39. The highest BCUT2D eigenvalue weighted by molar-refractivity contribution is 7.89. The fourth-order valence-corrected chi connectivity index (χ4v) is 3.91. The second-order valence-corrected chi connectivity index (χ2v) is 9.18. The van der Waals surface area contributed by atoms with E-state index in [1.807, 2.05) is 60.7 Å². The van der Waals surface area contributed by atoms with E-state index >= 15 is 0 Å². The Labute approximate surface area is 199 Å². The molecule has 0 aliphatic heterocycles. The van der Waals surface area contributed by atoms with Crippen LogP contribution in [-0.2, 0) is 32.6 Å². The quantitative estimate of drug-likeness (QED) is 0.469. The third-order valence-corrected chi connectivity index (χ3v) is 6.01. The molecule has 0 spiro atoms. The molecule has 3 aromatic rings. The number of sulfonamides is 1. The average Bonchev–Trinajstić information content (AvgIpc) is 2.83. The van der Waals surface area contributed by atoms with Gasteiger partial charge in [-0.05, 0) is 36.2 Å². The molecular weight excluding hydrogens is 456 g/mol. The van der Waals surface area contributed by atoms with E-state index in [-0.39, 0.29) is 16.2 Å². The molecule has 0 aliphatic carbocycles. The molecule has 34 heavy (non-hydrogen) atoms. The number of amides is 1. The van der Waals surface area contributed by atoms with Crippen LogP contribution in [0, 0.1) is 0 Å². The van der Waals surface area contributed by atoms with Gasteiger partial charge in [-0.3, -0.25) is 4.79 Å². The number of benzene rings is 3. The monoisotopic (exact) mass is 482 g/mol. The number of primary sulfonamides is 1. The van der Waals surface area contributed by atoms with Crippen LogP contribution in [0.15, 0.2) is 83.8 Å². The summed E-state index contributed by atoms with van der Waals surface area (Å²) in [6.45, 7) is 2.11. The van der Waals surface area contributed by atoms with Crippen molar-refractivity contribution < 1.29 is 27.5 Å². The largest absolute Gasteiger partial charge is 0.496 e. The molecule has 178 valence electrons. The van der Waals surface area contributed by atoms with Gasteiger partial charge in [0.25, 0.3) is 5.91 Å². The zero-order chi connectivity index (χ0) is 24.7. The highest BCUT2D eigenvalue weighted by atomic mass is 32.2. The fraction of sp³-hybridized carbons (Fsp3) is 0.200. The minimum atomic E-state index is -4.05. The SMILES string of the molecule is COc1ccc(S(N)(=O)=O)cc1C(=O)O[C@@H](C)C(=O)N(Cc1ccccc1)Cc1ccccc1. The number of nitrogens with two attached hydrogens (primary N) is 1. The summed E-state index contributed by atoms with van der Waals surface area (Å²) < 4.78 is 34.0. The van der Waals surface area contributed by atoms with Crippen LogP contribution < -0.4 is 9.88 Å². The molecule has 3 rings (SSSR count). The molecule has 1 amide bonds. The third-order valence-electron chi connectivity index (χ3n) is 5.10. The van der Waals surface area contributed by atoms with Gasteiger partial charge in [0.2, 0.25) is 10.0 Å². The number of rotatable bonds is 9. The molecular formula is C25H26N2O6S. The van der Waals surface area contributed by atoms with Gasteiger partial charge in [0.1, 0.15) is 11.3 Å². The highest BCUT2D eigenvalue weighted by Crippen LogP contribution is 2.24. The van der Waals surface area contributed by atoms with Gasteiger partial charge in [0.15, 0.2) is 6.10 Å². The van der Waals surface area contributed by atoms with E-state index in [2.05, 4.69) is 0 Å². The number of ether oxygens (including phenoxy) is 2. The minimum Gasteiger partial charge on any atom is -0.496 e. The predicted octanol–water partition coefficient (Wildman–Crippen LogP) is 3.12. The Kier molecular flexibility index (Phi) is 8.04. The molecule has 0 saturated carbocycles. The van der Waals surface area contributed by atoms with Crippen LogP contribution >= 0.6 is 0 Å². The van der Waals surface area contributed by atoms with Gasteiger partial charge in [-0.25, -0.2) is 18.4 Å². The second-order valence-electron chi connectivity index (χ2n) is 7.62. The normalized spacial score (nSPS) is 12.0. The first-order valence-electron chi connectivity index (χ1n) is 10.5. The molecule has 0 saturated heterocycles. The number of hydrogen-bond donors (Lipinski definition) is 1. The Morgan fingerprint density at radius 1 is 0.912 bits per heavy atom. The number of hydrogen-bond acceptors (Lipinski definition) is 6. The lowest BCUT2D eigenvalue weighted by Gasteiger charge is -2.26. The summed E-state index contributed by atoms with van der Waals surface area (Å²) in [6.07, 6.45) is -1.14. The summed E-state index contributed by atoms with van der Waals surface area (Å²) in [5.41, 5.74) is 1.70. The molecule has 3 aromatic carbocycles. The molecule has 8 nitrogen and oxygen atoms in total. The molecule has 9 heteroatoms. The average molecular weight is 483 g/mol. The first-order chi connectivity index (χ1) is 16.2. The Morgan fingerprint density at radius 2 is 1.44 bits per heavy atom. The van der Waals surface area contributed by atoms with Gasteiger partial charge in [-0.1, -0.05) is 60.7 Å². The summed E-state index contributed by atoms with van der Waals surface area (Å²) in [6, 6.07) is 22.5. The van der Waals surface area contributed by atoms with Crippen molar-refractivity contribution in [3.63, 3.8) is 0 Å². The fourth-order valence-electron chi connectivity index (χ4n) is 3.37. The number of nitrogens with zero attached hydrogens (tertiary/aromatic N) is 1. The van der Waals surface area contributed by atoms with Gasteiger partial charge < -0.3 is 14.4 Å². The second kappa shape index (κ2) is 11.0. The van der Waals surface area contributed by atoms with E-state index in [1.54, 1.807) is 4.90 Å². The third kappa shape index (κ3) is 6.43. The predicted molar refractivity (Wildman–Crippen MR) is 126 cm³/mol. The van der Waals surface area contributed by atoms with Gasteiger partial charge >= 0.3 is 5.97 Å². The van der Waals surface area contributed by atoms with Crippen molar-refractivity contribution in [3.05, 3.63) is 95.6 Å². The van der Waals surface area contributed by atoms with E-state index in [9.17, 15) is 18.0 Å². The summed E-state index contributed by atoms with van der Waals surface area (Å²) in [5, 5.41) is 5.17. The first-order valence-corrected chi connectivity index (χ1v) is 12.0. The van der Waals surface area contributed by atoms with E-state index in [0.717, 1.165) is 17.2 Å². The van der Waals surface area contributed by atoms with Gasteiger partial charge in [0, 0.05) is 13.1 Å². The van der Waals surface area contributed by atoms with Crippen molar-refractivity contribution in [2.24, 2.45) is 5.14 Å². The molecule has 0 bridgehead atoms. The van der Waals surface area contributed by atoms with Gasteiger partial charge in [-0.15, -0.1) is 0 Å². The molecule has 0 unspecified atom stereocenters. The van der Waals surface area contributed by atoms with Crippen molar-refractivity contribution in [1.82, 2.24) is 4.90 Å². The molecule has 2 N–H and O–H groups in total. The van der Waals surface area contributed by atoms with Crippen molar-refractivity contribution in [3.8, 4) is 5.75 Å². The number of esters is 1. The van der Waals surface area contributed by atoms with E-state index in [4.69, 9.17) is 14.6 Å². The molecule has 0 fully saturated rings. The van der Waals surface area contributed by atoms with Crippen molar-refractivity contribution >= 4 is 21.9 Å². The van der Waals surface area contributed by atoms with Crippen molar-refractivity contribution in [2.45, 2.75) is 31.0 Å². The molecule has 0 heterocycles. The van der Waals surface area contributed by atoms with Crippen LogP contribution in [0.25, 0.3) is 0 Å². The Balaban J connectivity index is 1.82. The van der Waals surface area contributed by atoms with Gasteiger partial charge in [0.05, 0.1) is 12.0 Å². The van der Waals surface area contributed by atoms with Crippen LogP contribution in [0.2, 0.25) is 0 Å². The maximum absolute atomic E-state index is 13.3. The number of methoxy groups -OCH3 is 1. The lowest BCUT2D eigenvalue weighted by atomic mass is 10.1. The summed E-state index contributed by atoms with van der Waals surface area (Å²) >= 11 is 0. The topological polar surface area (TPSA) is 116 Å². The Hall–Kier alpha value is -3.69. The van der Waals surface area contributed by atoms with Crippen molar-refractivity contribution in [1.29, 1.82) is 0 Å². The summed E-state index contributed by atoms with van der Waals surface area (Å²) in [4.78, 5) is 27.5. The van der Waals surface area contributed by atoms with E-state index in [0.29, 0.717) is 13.1 Å². The van der Waals surface area contributed by atoms with Gasteiger partial charge in [-0.2, -0.15) is 0 Å². The standard InChI is InChI=1S/C25H26N2O6S/c1-18(33-25(29)22-15-21(34(26,30)31)13-14-23(22)32-2)24(28)27(16-19-9-5-3-6-10-19)17-20-11-7-4-8-12-20/h3-15,18H,16-17H2,1-2H3,(H2,26,30,31)/t18-/m0/s1. The van der Waals surface area contributed by atoms with Crippen molar-refractivity contribution in [2.75, 3.05) is 7.11 Å². The van der Waals surface area contributed by atoms with Crippen LogP contribution in [0.5, 0.6) is 5.75 Å². The smallest absolute Gasteiger partial charge is 0.342 e. The lowest BCUT2D eigenvalue weighted by molar-refractivity contribution is -0.141. The van der Waals surface area contributed by atoms with E-state index < -0.39 is 28.0 Å². The van der Waals surface area contributed by atoms with E-state index in [1.165, 1.54) is 26.2 Å².